The molecule has 1 aliphatic heterocycles. The van der Waals surface area contributed by atoms with Crippen LogP contribution in [0.25, 0.3) is 11.1 Å². The number of benzene rings is 2. The largest absolute Gasteiger partial charge is 0.496 e. The second kappa shape index (κ2) is 4.18. The van der Waals surface area contributed by atoms with E-state index in [1.807, 2.05) is 42.5 Å². The fraction of sp³-hybridized carbons (Fsp3) is 0.133. The highest BCUT2D eigenvalue weighted by molar-refractivity contribution is 5.83. The van der Waals surface area contributed by atoms with Crippen LogP contribution in [-0.4, -0.2) is 13.1 Å². The summed E-state index contributed by atoms with van der Waals surface area (Å²) < 4.78 is 10.4. The Kier molecular flexibility index (Phi) is 2.52. The molecule has 0 unspecified atom stereocenters. The van der Waals surface area contributed by atoms with Gasteiger partial charge in [0.15, 0.2) is 0 Å². The smallest absolute Gasteiger partial charge is 0.315 e. The molecule has 0 N–H and O–H groups in total. The van der Waals surface area contributed by atoms with Crippen LogP contribution in [0, 0.1) is 0 Å². The van der Waals surface area contributed by atoms with E-state index in [0.717, 1.165) is 22.4 Å². The summed E-state index contributed by atoms with van der Waals surface area (Å²) in [6.07, 6.45) is 0.346. The van der Waals surface area contributed by atoms with E-state index in [9.17, 15) is 4.79 Å². The van der Waals surface area contributed by atoms with Crippen LogP contribution in [0.1, 0.15) is 5.56 Å². The van der Waals surface area contributed by atoms with Crippen molar-refractivity contribution in [2.24, 2.45) is 0 Å². The maximum atomic E-state index is 11.2. The lowest BCUT2D eigenvalue weighted by molar-refractivity contribution is -0.131. The Morgan fingerprint density at radius 3 is 2.83 bits per heavy atom. The van der Waals surface area contributed by atoms with Gasteiger partial charge in [0, 0.05) is 11.1 Å². The molecule has 0 atom stereocenters. The summed E-state index contributed by atoms with van der Waals surface area (Å²) in [5, 5.41) is 0. The van der Waals surface area contributed by atoms with Crippen molar-refractivity contribution in [1.82, 2.24) is 0 Å². The fourth-order valence-electron chi connectivity index (χ4n) is 2.18. The van der Waals surface area contributed by atoms with Crippen molar-refractivity contribution in [3.63, 3.8) is 0 Å². The van der Waals surface area contributed by atoms with Crippen LogP contribution in [0.2, 0.25) is 0 Å². The lowest BCUT2D eigenvalue weighted by Gasteiger charge is -2.09. The monoisotopic (exact) mass is 240 g/mol. The van der Waals surface area contributed by atoms with E-state index in [1.54, 1.807) is 7.11 Å². The third-order valence-electron chi connectivity index (χ3n) is 3.04. The number of esters is 1. The summed E-state index contributed by atoms with van der Waals surface area (Å²) in [6.45, 7) is 0. The normalized spacial score (nSPS) is 13.1. The van der Waals surface area contributed by atoms with Gasteiger partial charge in [-0.15, -0.1) is 0 Å². The highest BCUT2D eigenvalue weighted by Gasteiger charge is 2.20. The standard InChI is InChI=1S/C15H12O3/c1-17-14-5-3-2-4-12(14)10-6-7-13-11(8-10)9-15(16)18-13/h2-8H,9H2,1H3. The van der Waals surface area contributed by atoms with Gasteiger partial charge in [-0.25, -0.2) is 0 Å². The summed E-state index contributed by atoms with van der Waals surface area (Å²) in [5.74, 6) is 1.29. The molecule has 0 aliphatic carbocycles. The van der Waals surface area contributed by atoms with E-state index >= 15 is 0 Å². The highest BCUT2D eigenvalue weighted by Crippen LogP contribution is 2.34. The fourth-order valence-corrected chi connectivity index (χ4v) is 2.18. The molecule has 0 saturated heterocycles. The molecule has 2 aromatic rings. The average molecular weight is 240 g/mol. The predicted molar refractivity (Wildman–Crippen MR) is 67.8 cm³/mol. The quantitative estimate of drug-likeness (QED) is 0.598. The van der Waals surface area contributed by atoms with E-state index in [1.165, 1.54) is 0 Å². The molecule has 3 heteroatoms. The zero-order chi connectivity index (χ0) is 12.5. The van der Waals surface area contributed by atoms with Gasteiger partial charge in [0.1, 0.15) is 11.5 Å². The van der Waals surface area contributed by atoms with Crippen molar-refractivity contribution in [1.29, 1.82) is 0 Å². The molecule has 18 heavy (non-hydrogen) atoms. The molecule has 2 aromatic carbocycles. The van der Waals surface area contributed by atoms with Crippen LogP contribution < -0.4 is 9.47 Å². The van der Waals surface area contributed by atoms with Gasteiger partial charge in [0.25, 0.3) is 0 Å². The zero-order valence-corrected chi connectivity index (χ0v) is 9.97. The van der Waals surface area contributed by atoms with Crippen LogP contribution in [-0.2, 0) is 11.2 Å². The first-order valence-corrected chi connectivity index (χ1v) is 5.75. The van der Waals surface area contributed by atoms with E-state index < -0.39 is 0 Å². The molecule has 0 saturated carbocycles. The summed E-state index contributed by atoms with van der Waals surface area (Å²) in [7, 11) is 1.65. The van der Waals surface area contributed by atoms with Crippen LogP contribution in [0.5, 0.6) is 11.5 Å². The van der Waals surface area contributed by atoms with E-state index in [2.05, 4.69) is 0 Å². The van der Waals surface area contributed by atoms with Crippen molar-refractivity contribution in [3.8, 4) is 22.6 Å². The minimum atomic E-state index is -0.192. The summed E-state index contributed by atoms with van der Waals surface area (Å²) in [4.78, 5) is 11.2. The van der Waals surface area contributed by atoms with Crippen molar-refractivity contribution < 1.29 is 14.3 Å². The van der Waals surface area contributed by atoms with Crippen LogP contribution >= 0.6 is 0 Å². The molecule has 0 radical (unpaired) electrons. The first kappa shape index (κ1) is 10.8. The van der Waals surface area contributed by atoms with Crippen molar-refractivity contribution in [2.45, 2.75) is 6.42 Å². The first-order valence-electron chi connectivity index (χ1n) is 5.75. The molecule has 0 fully saturated rings. The third kappa shape index (κ3) is 1.74. The topological polar surface area (TPSA) is 35.5 Å². The van der Waals surface area contributed by atoms with Gasteiger partial charge in [-0.05, 0) is 23.8 Å². The van der Waals surface area contributed by atoms with Crippen molar-refractivity contribution >= 4 is 5.97 Å². The Morgan fingerprint density at radius 2 is 2.00 bits per heavy atom. The van der Waals surface area contributed by atoms with Gasteiger partial charge >= 0.3 is 5.97 Å². The number of carbonyl (C=O) groups excluding carboxylic acids is 1. The molecule has 0 spiro atoms. The molecule has 0 aromatic heterocycles. The van der Waals surface area contributed by atoms with E-state index in [4.69, 9.17) is 9.47 Å². The van der Waals surface area contributed by atoms with Crippen LogP contribution in [0.3, 0.4) is 0 Å². The molecule has 3 nitrogen and oxygen atoms in total. The minimum Gasteiger partial charge on any atom is -0.496 e. The molecule has 1 aliphatic rings. The Hall–Kier alpha value is -2.29. The van der Waals surface area contributed by atoms with Crippen LogP contribution in [0.15, 0.2) is 42.5 Å². The Labute approximate surface area is 105 Å². The Bertz CT molecular complexity index is 617. The number of hydrogen-bond acceptors (Lipinski definition) is 3. The second-order valence-electron chi connectivity index (χ2n) is 4.17. The molecule has 0 bridgehead atoms. The van der Waals surface area contributed by atoms with Gasteiger partial charge in [-0.2, -0.15) is 0 Å². The van der Waals surface area contributed by atoms with Gasteiger partial charge < -0.3 is 9.47 Å². The van der Waals surface area contributed by atoms with Crippen molar-refractivity contribution in [2.75, 3.05) is 7.11 Å². The van der Waals surface area contributed by atoms with Gasteiger partial charge in [0.05, 0.1) is 13.5 Å². The van der Waals surface area contributed by atoms with E-state index in [0.29, 0.717) is 12.2 Å². The SMILES string of the molecule is COc1ccccc1-c1ccc2c(c1)CC(=O)O2. The molecule has 90 valence electrons. The second-order valence-corrected chi connectivity index (χ2v) is 4.17. The Morgan fingerprint density at radius 1 is 1.17 bits per heavy atom. The lowest BCUT2D eigenvalue weighted by atomic mass is 10.0. The Balaban J connectivity index is 2.08. The van der Waals surface area contributed by atoms with Crippen molar-refractivity contribution in [3.05, 3.63) is 48.0 Å². The summed E-state index contributed by atoms with van der Waals surface area (Å²) in [5.41, 5.74) is 2.98. The molecule has 3 rings (SSSR count). The number of methoxy groups -OCH3 is 1. The molecule has 0 amide bonds. The van der Waals surface area contributed by atoms with Gasteiger partial charge in [-0.1, -0.05) is 24.3 Å². The number of carbonyl (C=O) groups is 1. The maximum absolute atomic E-state index is 11.2. The highest BCUT2D eigenvalue weighted by atomic mass is 16.5. The van der Waals surface area contributed by atoms with Crippen LogP contribution in [0.4, 0.5) is 0 Å². The zero-order valence-electron chi connectivity index (χ0n) is 9.97. The number of rotatable bonds is 2. The molecular weight excluding hydrogens is 228 g/mol. The number of fused-ring (bicyclic) bond motifs is 1. The minimum absolute atomic E-state index is 0.192. The van der Waals surface area contributed by atoms with Gasteiger partial charge in [-0.3, -0.25) is 4.79 Å². The number of para-hydroxylation sites is 1. The first-order chi connectivity index (χ1) is 8.78. The molecular formula is C15H12O3. The average Bonchev–Trinajstić information content (AvgIpc) is 2.77. The predicted octanol–water partition coefficient (Wildman–Crippen LogP) is 2.82. The third-order valence-corrected chi connectivity index (χ3v) is 3.04. The molecule has 1 heterocycles. The lowest BCUT2D eigenvalue weighted by Crippen LogP contribution is -2.00. The summed E-state index contributed by atoms with van der Waals surface area (Å²) >= 11 is 0. The number of ether oxygens (including phenoxy) is 2. The van der Waals surface area contributed by atoms with E-state index in [-0.39, 0.29) is 5.97 Å². The number of hydrogen-bond donors (Lipinski definition) is 0. The summed E-state index contributed by atoms with van der Waals surface area (Å²) in [6, 6.07) is 13.6. The van der Waals surface area contributed by atoms with Gasteiger partial charge in [0.2, 0.25) is 0 Å². The maximum Gasteiger partial charge on any atom is 0.315 e.